The van der Waals surface area contributed by atoms with Gasteiger partial charge < -0.3 is 0 Å². The topological polar surface area (TPSA) is 17.1 Å². The number of allylic oxidation sites excluding steroid dienone is 2. The molecule has 0 saturated heterocycles. The number of hydrogen-bond donors (Lipinski definition) is 0. The number of rotatable bonds is 15. The third kappa shape index (κ3) is 21.2. The van der Waals surface area contributed by atoms with E-state index in [-0.39, 0.29) is 5.78 Å². The van der Waals surface area contributed by atoms with E-state index in [4.69, 9.17) is 0 Å². The highest BCUT2D eigenvalue weighted by molar-refractivity contribution is 6.84. The van der Waals surface area contributed by atoms with Crippen LogP contribution >= 0.6 is 0 Å². The lowest BCUT2D eigenvalue weighted by molar-refractivity contribution is -0.109. The van der Waals surface area contributed by atoms with Gasteiger partial charge in [-0.15, -0.1) is 5.54 Å². The molecule has 0 aromatic heterocycles. The van der Waals surface area contributed by atoms with Crippen LogP contribution in [0.2, 0.25) is 19.6 Å². The Hall–Kier alpha value is -0.813. The van der Waals surface area contributed by atoms with Gasteiger partial charge in [0.2, 0.25) is 5.78 Å². The number of carbonyl (C=O) groups is 1. The smallest absolute Gasteiger partial charge is 0.227 e. The van der Waals surface area contributed by atoms with E-state index in [0.717, 1.165) is 12.3 Å². The van der Waals surface area contributed by atoms with Crippen LogP contribution in [0.1, 0.15) is 97.3 Å². The summed E-state index contributed by atoms with van der Waals surface area (Å²) in [5.74, 6) is 3.60. The average molecular weight is 377 g/mol. The maximum absolute atomic E-state index is 11.6. The summed E-state index contributed by atoms with van der Waals surface area (Å²) in [4.78, 5) is 11.6. The Balaban J connectivity index is 3.35. The average Bonchev–Trinajstić information content (AvgIpc) is 2.55. The summed E-state index contributed by atoms with van der Waals surface area (Å²) < 4.78 is 0. The summed E-state index contributed by atoms with van der Waals surface area (Å²) >= 11 is 0. The first-order valence-corrected chi connectivity index (χ1v) is 14.5. The molecule has 0 atom stereocenters. The van der Waals surface area contributed by atoms with E-state index >= 15 is 0 Å². The van der Waals surface area contributed by atoms with Crippen LogP contribution in [0.4, 0.5) is 0 Å². The Labute approximate surface area is 165 Å². The summed E-state index contributed by atoms with van der Waals surface area (Å²) in [5.41, 5.74) is 3.11. The minimum Gasteiger partial charge on any atom is -0.280 e. The Morgan fingerprint density at radius 3 is 1.73 bits per heavy atom. The summed E-state index contributed by atoms with van der Waals surface area (Å²) in [5, 5.41) is 0. The van der Waals surface area contributed by atoms with Crippen LogP contribution in [0.3, 0.4) is 0 Å². The van der Waals surface area contributed by atoms with Gasteiger partial charge in [-0.05, 0) is 30.8 Å². The summed E-state index contributed by atoms with van der Waals surface area (Å²) in [6, 6.07) is 0. The second-order valence-electron chi connectivity index (χ2n) is 9.13. The third-order valence-corrected chi connectivity index (χ3v) is 5.36. The first-order valence-electron chi connectivity index (χ1n) is 11.0. The molecule has 0 fully saturated rings. The highest BCUT2D eigenvalue weighted by Gasteiger charge is 2.07. The molecule has 0 radical (unpaired) electrons. The lowest BCUT2D eigenvalue weighted by Crippen LogP contribution is -2.16. The van der Waals surface area contributed by atoms with Crippen molar-refractivity contribution in [3.63, 3.8) is 0 Å². The molecule has 0 amide bonds. The first kappa shape index (κ1) is 25.2. The molecule has 0 N–H and O–H groups in total. The van der Waals surface area contributed by atoms with E-state index in [2.05, 4.69) is 45.0 Å². The van der Waals surface area contributed by atoms with E-state index in [9.17, 15) is 4.79 Å². The lowest BCUT2D eigenvalue weighted by Gasteiger charge is -2.04. The fourth-order valence-corrected chi connectivity index (χ4v) is 3.39. The summed E-state index contributed by atoms with van der Waals surface area (Å²) in [6.45, 7) is 11.1. The second kappa shape index (κ2) is 16.4. The van der Waals surface area contributed by atoms with Crippen molar-refractivity contribution >= 4 is 13.9 Å². The van der Waals surface area contributed by atoms with E-state index in [0.29, 0.717) is 0 Å². The molecule has 2 heteroatoms. The van der Waals surface area contributed by atoms with Gasteiger partial charge in [0.1, 0.15) is 8.07 Å². The highest BCUT2D eigenvalue weighted by atomic mass is 28.3. The number of hydrogen-bond acceptors (Lipinski definition) is 1. The number of ketones is 1. The van der Waals surface area contributed by atoms with Crippen molar-refractivity contribution in [2.75, 3.05) is 0 Å². The molecule has 1 nitrogen and oxygen atoms in total. The molecule has 0 aliphatic carbocycles. The third-order valence-electron chi connectivity index (χ3n) is 4.48. The predicted molar refractivity (Wildman–Crippen MR) is 120 cm³/mol. The number of unbranched alkanes of at least 4 members (excludes halogenated alkanes) is 11. The summed E-state index contributed by atoms with van der Waals surface area (Å²) in [6.07, 6.45) is 21.2. The quantitative estimate of drug-likeness (QED) is 0.124. The van der Waals surface area contributed by atoms with Gasteiger partial charge in [-0.3, -0.25) is 4.79 Å². The van der Waals surface area contributed by atoms with Crippen LogP contribution in [-0.4, -0.2) is 13.9 Å². The molecule has 0 heterocycles. The highest BCUT2D eigenvalue weighted by Crippen LogP contribution is 2.14. The normalized spacial score (nSPS) is 11.8. The van der Waals surface area contributed by atoms with Crippen molar-refractivity contribution in [1.82, 2.24) is 0 Å². The van der Waals surface area contributed by atoms with Gasteiger partial charge >= 0.3 is 0 Å². The number of carbonyl (C=O) groups excluding carboxylic acids is 1. The van der Waals surface area contributed by atoms with Gasteiger partial charge in [0.25, 0.3) is 0 Å². The molecule has 26 heavy (non-hydrogen) atoms. The molecule has 0 saturated carbocycles. The molecular formula is C24H44OSi. The van der Waals surface area contributed by atoms with Crippen molar-refractivity contribution in [1.29, 1.82) is 0 Å². The molecule has 0 aromatic carbocycles. The van der Waals surface area contributed by atoms with Gasteiger partial charge in [-0.25, -0.2) is 0 Å². The van der Waals surface area contributed by atoms with E-state index in [1.807, 2.05) is 6.08 Å². The van der Waals surface area contributed by atoms with Gasteiger partial charge in [0.15, 0.2) is 0 Å². The zero-order chi connectivity index (χ0) is 19.7. The van der Waals surface area contributed by atoms with Crippen molar-refractivity contribution in [3.05, 3.63) is 12.2 Å². The van der Waals surface area contributed by atoms with Gasteiger partial charge in [-0.1, -0.05) is 110 Å². The molecule has 0 bridgehead atoms. The van der Waals surface area contributed by atoms with Crippen molar-refractivity contribution in [3.8, 4) is 11.5 Å². The van der Waals surface area contributed by atoms with Crippen LogP contribution in [0.15, 0.2) is 12.2 Å². The summed E-state index contributed by atoms with van der Waals surface area (Å²) in [7, 11) is -1.43. The van der Waals surface area contributed by atoms with Crippen molar-refractivity contribution in [2.24, 2.45) is 5.92 Å². The molecule has 0 aliphatic heterocycles. The van der Waals surface area contributed by atoms with E-state index in [1.54, 1.807) is 6.08 Å². The molecule has 0 unspecified atom stereocenters. The van der Waals surface area contributed by atoms with Crippen molar-refractivity contribution < 1.29 is 4.79 Å². The Morgan fingerprint density at radius 2 is 1.27 bits per heavy atom. The van der Waals surface area contributed by atoms with Crippen LogP contribution in [0, 0.1) is 17.4 Å². The van der Waals surface area contributed by atoms with Gasteiger partial charge in [0, 0.05) is 0 Å². The fraction of sp³-hybridized carbons (Fsp3) is 0.792. The molecule has 0 aliphatic rings. The molecular weight excluding hydrogens is 332 g/mol. The maximum atomic E-state index is 11.6. The van der Waals surface area contributed by atoms with Crippen LogP contribution in [-0.2, 0) is 4.79 Å². The molecule has 0 aromatic rings. The standard InChI is InChI=1S/C24H44OSi/c1-23(2)19-17-15-13-11-9-7-6-8-10-12-14-16-18-20-24(25)21-22-26(3,4)5/h18,20,23H,6-17,19H2,1-5H3/b20-18+. The fourth-order valence-electron chi connectivity index (χ4n) is 2.89. The van der Waals surface area contributed by atoms with Gasteiger partial charge in [0.05, 0.1) is 0 Å². The van der Waals surface area contributed by atoms with Crippen molar-refractivity contribution in [2.45, 2.75) is 117 Å². The SMILES string of the molecule is CC(C)CCCCCCCCCCCCC/C=C/C(=O)C#C[Si](C)(C)C. The molecule has 150 valence electrons. The molecule has 0 rings (SSSR count). The predicted octanol–water partition coefficient (Wildman–Crippen LogP) is 7.72. The van der Waals surface area contributed by atoms with E-state index < -0.39 is 8.07 Å². The second-order valence-corrected chi connectivity index (χ2v) is 13.9. The Bertz CT molecular complexity index is 431. The lowest BCUT2D eigenvalue weighted by atomic mass is 10.0. The largest absolute Gasteiger partial charge is 0.280 e. The van der Waals surface area contributed by atoms with Gasteiger partial charge in [-0.2, -0.15) is 0 Å². The zero-order valence-electron chi connectivity index (χ0n) is 18.3. The van der Waals surface area contributed by atoms with Crippen LogP contribution in [0.25, 0.3) is 0 Å². The minimum absolute atomic E-state index is 0.0309. The minimum atomic E-state index is -1.43. The zero-order valence-corrected chi connectivity index (χ0v) is 19.3. The Kier molecular flexibility index (Phi) is 15.9. The molecule has 0 spiro atoms. The van der Waals surface area contributed by atoms with Crippen LogP contribution < -0.4 is 0 Å². The first-order chi connectivity index (χ1) is 12.3. The Morgan fingerprint density at radius 1 is 0.808 bits per heavy atom. The maximum Gasteiger partial charge on any atom is 0.227 e. The van der Waals surface area contributed by atoms with E-state index in [1.165, 1.54) is 77.0 Å². The van der Waals surface area contributed by atoms with Crippen LogP contribution in [0.5, 0.6) is 0 Å². The monoisotopic (exact) mass is 376 g/mol.